The van der Waals surface area contributed by atoms with Crippen LogP contribution in [0.1, 0.15) is 26.7 Å². The van der Waals surface area contributed by atoms with Crippen molar-refractivity contribution in [1.82, 2.24) is 36.8 Å². The van der Waals surface area contributed by atoms with Crippen molar-refractivity contribution in [2.45, 2.75) is 79.5 Å². The summed E-state index contributed by atoms with van der Waals surface area (Å²) in [5, 5.41) is 18.4. The number of methoxy groups -OCH3 is 1. The van der Waals surface area contributed by atoms with E-state index < -0.39 is 24.3 Å². The summed E-state index contributed by atoms with van der Waals surface area (Å²) in [5.74, 6) is -0.628. The number of likely N-dealkylation sites (tertiary alicyclic amines) is 1. The van der Waals surface area contributed by atoms with Crippen LogP contribution in [0.4, 0.5) is 13.2 Å². The summed E-state index contributed by atoms with van der Waals surface area (Å²) < 4.78 is 44.9. The van der Waals surface area contributed by atoms with Gasteiger partial charge in [-0.2, -0.15) is 13.2 Å². The fourth-order valence-corrected chi connectivity index (χ4v) is 8.75. The molecule has 5 heterocycles. The highest BCUT2D eigenvalue weighted by molar-refractivity contribution is 8.00. The highest BCUT2D eigenvalue weighted by Crippen LogP contribution is 2.39. The Kier molecular flexibility index (Phi) is 9.47. The average molecular weight is 612 g/mol. The second kappa shape index (κ2) is 12.4. The van der Waals surface area contributed by atoms with Crippen LogP contribution in [0, 0.1) is 23.7 Å². The van der Waals surface area contributed by atoms with Gasteiger partial charge in [-0.05, 0) is 38.5 Å². The Balaban J connectivity index is 1.14. The molecular formula is C25H41ClF3N7O3S. The van der Waals surface area contributed by atoms with Crippen molar-refractivity contribution in [3.05, 3.63) is 0 Å². The van der Waals surface area contributed by atoms with Crippen LogP contribution in [0.5, 0.6) is 0 Å². The molecule has 0 aromatic carbocycles. The number of hydrogen-bond acceptors (Lipinski definition) is 9. The zero-order valence-corrected chi connectivity index (χ0v) is 24.5. The molecule has 0 aromatic heterocycles. The third-order valence-corrected chi connectivity index (χ3v) is 10.9. The number of rotatable bonds is 5. The Morgan fingerprint density at radius 2 is 1.75 bits per heavy atom. The maximum absolute atomic E-state index is 13.6. The maximum Gasteiger partial charge on any atom is 0.417 e. The molecule has 0 aromatic rings. The number of amides is 2. The Hall–Kier alpha value is -0.870. The molecule has 12 unspecified atom stereocenters. The topological polar surface area (TPSA) is 119 Å². The predicted molar refractivity (Wildman–Crippen MR) is 146 cm³/mol. The summed E-state index contributed by atoms with van der Waals surface area (Å²) in [4.78, 5) is 28.5. The van der Waals surface area contributed by atoms with Gasteiger partial charge in [0.1, 0.15) is 5.50 Å². The second-order valence-corrected chi connectivity index (χ2v) is 13.8. The van der Waals surface area contributed by atoms with Crippen molar-refractivity contribution in [2.75, 3.05) is 39.8 Å². The van der Waals surface area contributed by atoms with Crippen LogP contribution in [-0.2, 0) is 14.3 Å². The van der Waals surface area contributed by atoms with Gasteiger partial charge in [-0.25, -0.2) is 0 Å². The van der Waals surface area contributed by atoms with Crippen molar-refractivity contribution in [3.8, 4) is 0 Å². The van der Waals surface area contributed by atoms with E-state index in [1.54, 1.807) is 30.7 Å². The Morgan fingerprint density at radius 3 is 2.42 bits per heavy atom. The molecule has 0 spiro atoms. The third-order valence-electron chi connectivity index (χ3n) is 9.26. The molecule has 10 nitrogen and oxygen atoms in total. The minimum Gasteiger partial charge on any atom is -0.380 e. The lowest BCUT2D eigenvalue weighted by molar-refractivity contribution is -0.173. The fourth-order valence-electron chi connectivity index (χ4n) is 7.05. The standard InChI is InChI=1S/C25H41ClF3N7O3S/c1-11-4-13(14-5-20(26)31-8-18(14)39-3)16(7-30-11)21(37)35-24-34-17-9-36(10-19(17)40-24)22(38)15-6-32-23(25(27,28)29)33-12(15)2/h11-20,23-24,30-34H,4-10H2,1-3H3,(H,35,37). The summed E-state index contributed by atoms with van der Waals surface area (Å²) in [6.07, 6.45) is -4.61. The Morgan fingerprint density at radius 1 is 1.00 bits per heavy atom. The molecule has 6 N–H and O–H groups in total. The number of halogens is 4. The molecule has 0 radical (unpaired) electrons. The van der Waals surface area contributed by atoms with E-state index in [0.717, 1.165) is 12.8 Å². The zero-order chi connectivity index (χ0) is 28.8. The van der Waals surface area contributed by atoms with Gasteiger partial charge in [-0.3, -0.25) is 30.9 Å². The molecule has 228 valence electrons. The van der Waals surface area contributed by atoms with Crippen LogP contribution in [0.2, 0.25) is 0 Å². The van der Waals surface area contributed by atoms with E-state index in [2.05, 4.69) is 38.8 Å². The molecule has 40 heavy (non-hydrogen) atoms. The van der Waals surface area contributed by atoms with E-state index in [0.29, 0.717) is 32.2 Å². The molecule has 0 aliphatic carbocycles. The van der Waals surface area contributed by atoms with Gasteiger partial charge >= 0.3 is 6.18 Å². The molecule has 15 heteroatoms. The van der Waals surface area contributed by atoms with E-state index in [-0.39, 0.29) is 64.5 Å². The summed E-state index contributed by atoms with van der Waals surface area (Å²) in [5.41, 5.74) is -0.409. The van der Waals surface area contributed by atoms with E-state index in [4.69, 9.17) is 16.3 Å². The average Bonchev–Trinajstić information content (AvgIpc) is 3.46. The van der Waals surface area contributed by atoms with Crippen molar-refractivity contribution in [3.63, 3.8) is 0 Å². The van der Waals surface area contributed by atoms with Gasteiger partial charge in [0.2, 0.25) is 11.8 Å². The van der Waals surface area contributed by atoms with Crippen molar-refractivity contribution in [2.24, 2.45) is 23.7 Å². The maximum atomic E-state index is 13.6. The smallest absolute Gasteiger partial charge is 0.380 e. The number of ether oxygens (including phenoxy) is 1. The van der Waals surface area contributed by atoms with Crippen LogP contribution >= 0.6 is 23.4 Å². The van der Waals surface area contributed by atoms with Gasteiger partial charge in [0.25, 0.3) is 0 Å². The molecular weight excluding hydrogens is 571 g/mol. The summed E-state index contributed by atoms with van der Waals surface area (Å²) in [6, 6.07) is -0.296. The number of alkyl halides is 4. The van der Waals surface area contributed by atoms with Gasteiger partial charge in [0, 0.05) is 63.2 Å². The van der Waals surface area contributed by atoms with Crippen molar-refractivity contribution < 1.29 is 27.5 Å². The molecule has 5 aliphatic rings. The molecule has 5 fully saturated rings. The largest absolute Gasteiger partial charge is 0.417 e. The van der Waals surface area contributed by atoms with Crippen molar-refractivity contribution in [1.29, 1.82) is 0 Å². The van der Waals surface area contributed by atoms with E-state index in [9.17, 15) is 22.8 Å². The van der Waals surface area contributed by atoms with Crippen LogP contribution in [0.25, 0.3) is 0 Å². The monoisotopic (exact) mass is 611 g/mol. The van der Waals surface area contributed by atoms with Crippen LogP contribution in [-0.4, -0.2) is 109 Å². The van der Waals surface area contributed by atoms with Gasteiger partial charge in [0.05, 0.1) is 23.4 Å². The highest BCUT2D eigenvalue weighted by atomic mass is 35.5. The minimum absolute atomic E-state index is 0.000844. The number of thioether (sulfide) groups is 1. The highest BCUT2D eigenvalue weighted by Gasteiger charge is 2.49. The minimum atomic E-state index is -4.41. The van der Waals surface area contributed by atoms with Crippen molar-refractivity contribution >= 4 is 35.2 Å². The van der Waals surface area contributed by atoms with E-state index >= 15 is 0 Å². The lowest BCUT2D eigenvalue weighted by Crippen LogP contribution is -2.65. The lowest BCUT2D eigenvalue weighted by Gasteiger charge is -2.45. The Labute approximate surface area is 242 Å². The van der Waals surface area contributed by atoms with Gasteiger partial charge in [0.15, 0.2) is 6.17 Å². The molecule has 2 amide bonds. The number of piperidine rings is 2. The third kappa shape index (κ3) is 6.53. The van der Waals surface area contributed by atoms with Crippen LogP contribution < -0.4 is 31.9 Å². The summed E-state index contributed by atoms with van der Waals surface area (Å²) >= 11 is 8.04. The number of nitrogens with zero attached hydrogens (tertiary/aromatic N) is 1. The number of fused-ring (bicyclic) bond motifs is 1. The molecule has 0 saturated carbocycles. The first-order chi connectivity index (χ1) is 18.9. The quantitative estimate of drug-likeness (QED) is 0.191. The summed E-state index contributed by atoms with van der Waals surface area (Å²) in [6.45, 7) is 5.94. The second-order valence-electron chi connectivity index (χ2n) is 11.9. The number of carbonyl (C=O) groups is 2. The molecule has 5 saturated heterocycles. The van der Waals surface area contributed by atoms with Gasteiger partial charge in [-0.1, -0.05) is 0 Å². The first-order valence-electron chi connectivity index (χ1n) is 14.1. The van der Waals surface area contributed by atoms with Gasteiger partial charge in [-0.15, -0.1) is 23.4 Å². The number of hydrogen-bond donors (Lipinski definition) is 6. The fraction of sp³-hybridized carbons (Fsp3) is 0.920. The Bertz CT molecular complexity index is 925. The normalized spacial score (nSPS) is 44.3. The molecule has 0 bridgehead atoms. The first-order valence-corrected chi connectivity index (χ1v) is 15.5. The zero-order valence-electron chi connectivity index (χ0n) is 23.0. The number of nitrogens with one attached hydrogen (secondary N) is 6. The molecule has 5 rings (SSSR count). The predicted octanol–water partition coefficient (Wildman–Crippen LogP) is 0.192. The first kappa shape index (κ1) is 30.6. The van der Waals surface area contributed by atoms with Crippen LogP contribution in [0.3, 0.4) is 0 Å². The number of carbonyl (C=O) groups excluding carboxylic acids is 2. The molecule has 12 atom stereocenters. The SMILES string of the molecule is COC1CNC(Cl)CC1C1CC(C)NCC1C(=O)NC1NC2CN(C(=O)C3CNC(C(F)(F)F)NC3C)CC2S1. The summed E-state index contributed by atoms with van der Waals surface area (Å²) in [7, 11) is 1.71. The van der Waals surface area contributed by atoms with E-state index in [1.807, 2.05) is 0 Å². The van der Waals surface area contributed by atoms with Crippen LogP contribution in [0.15, 0.2) is 0 Å². The van der Waals surface area contributed by atoms with E-state index in [1.165, 1.54) is 0 Å². The lowest BCUT2D eigenvalue weighted by atomic mass is 9.70. The van der Waals surface area contributed by atoms with Gasteiger partial charge < -0.3 is 20.3 Å². The molecule has 5 aliphatic heterocycles.